The van der Waals surface area contributed by atoms with Crippen LogP contribution in [-0.4, -0.2) is 54.0 Å². The second kappa shape index (κ2) is 7.02. The van der Waals surface area contributed by atoms with Crippen LogP contribution in [0.5, 0.6) is 0 Å². The van der Waals surface area contributed by atoms with Crippen LogP contribution in [0.1, 0.15) is 25.3 Å². The maximum absolute atomic E-state index is 13.8. The van der Waals surface area contributed by atoms with Crippen molar-refractivity contribution >= 4 is 27.3 Å². The number of halogens is 1. The van der Waals surface area contributed by atoms with Gasteiger partial charge in [0.25, 0.3) is 0 Å². The number of hydrogen-bond donors (Lipinski definition) is 1. The van der Waals surface area contributed by atoms with Crippen LogP contribution in [0, 0.1) is 5.82 Å². The number of carbonyl (C=O) groups is 1. The minimum Gasteiger partial charge on any atom is -0.352 e. The van der Waals surface area contributed by atoms with Gasteiger partial charge < -0.3 is 5.32 Å². The van der Waals surface area contributed by atoms with Crippen molar-refractivity contribution in [3.8, 4) is 0 Å². The molecule has 25 heavy (non-hydrogen) atoms. The lowest BCUT2D eigenvalue weighted by atomic mass is 10.1. The monoisotopic (exact) mass is 361 g/mol. The van der Waals surface area contributed by atoms with E-state index in [2.05, 4.69) is 20.5 Å². The Morgan fingerprint density at radius 2 is 2.08 bits per heavy atom. The predicted octanol–water partition coefficient (Wildman–Crippen LogP) is 2.83. The lowest BCUT2D eigenvalue weighted by Crippen LogP contribution is -2.53. The second-order valence-corrected chi connectivity index (χ2v) is 8.03. The van der Waals surface area contributed by atoms with Gasteiger partial charge in [-0.05, 0) is 42.2 Å². The zero-order valence-electron chi connectivity index (χ0n) is 14.5. The Hall–Kier alpha value is -1.50. The highest BCUT2D eigenvalue weighted by atomic mass is 32.1. The molecular formula is C19H24FN3OS. The molecule has 2 aliphatic rings. The molecular weight excluding hydrogens is 337 g/mol. The maximum Gasteiger partial charge on any atom is 0.237 e. The summed E-state index contributed by atoms with van der Waals surface area (Å²) in [6.45, 7) is 6.52. The van der Waals surface area contributed by atoms with Gasteiger partial charge in [-0.15, -0.1) is 11.3 Å². The molecule has 1 amide bonds. The van der Waals surface area contributed by atoms with E-state index < -0.39 is 0 Å². The van der Waals surface area contributed by atoms with Crippen molar-refractivity contribution in [3.63, 3.8) is 0 Å². The summed E-state index contributed by atoms with van der Waals surface area (Å²) in [6.07, 6.45) is 2.25. The molecule has 0 radical (unpaired) electrons. The molecule has 6 heteroatoms. The minimum atomic E-state index is -0.130. The standard InChI is InChI=1S/C19H24FN3OS/c1-13(19(24)21-15-5-6-15)23-9-7-22(8-10-23)11-14-12-25-18-16(14)3-2-4-17(18)20/h2-4,12-13,15H,5-11H2,1H3,(H,21,24)/t13-/m1/s1. The number of rotatable bonds is 5. The van der Waals surface area contributed by atoms with E-state index in [1.807, 2.05) is 13.0 Å². The third kappa shape index (κ3) is 3.71. The predicted molar refractivity (Wildman–Crippen MR) is 99.3 cm³/mol. The number of carbonyl (C=O) groups excluding carboxylic acids is 1. The highest BCUT2D eigenvalue weighted by molar-refractivity contribution is 7.17. The topological polar surface area (TPSA) is 35.6 Å². The third-order valence-corrected chi connectivity index (χ3v) is 6.34. The van der Waals surface area contributed by atoms with Crippen molar-refractivity contribution < 1.29 is 9.18 Å². The molecule has 1 saturated heterocycles. The Morgan fingerprint density at radius 3 is 2.80 bits per heavy atom. The van der Waals surface area contributed by atoms with Crippen LogP contribution >= 0.6 is 11.3 Å². The molecule has 1 N–H and O–H groups in total. The zero-order valence-corrected chi connectivity index (χ0v) is 15.3. The molecule has 0 spiro atoms. The summed E-state index contributed by atoms with van der Waals surface area (Å²) < 4.78 is 14.6. The summed E-state index contributed by atoms with van der Waals surface area (Å²) >= 11 is 1.49. The minimum absolute atomic E-state index is 0.0566. The highest BCUT2D eigenvalue weighted by Crippen LogP contribution is 2.29. The van der Waals surface area contributed by atoms with Gasteiger partial charge in [0.15, 0.2) is 0 Å². The van der Waals surface area contributed by atoms with E-state index in [9.17, 15) is 9.18 Å². The van der Waals surface area contributed by atoms with Crippen molar-refractivity contribution in [2.24, 2.45) is 0 Å². The van der Waals surface area contributed by atoms with Crippen LogP contribution in [0.2, 0.25) is 0 Å². The van der Waals surface area contributed by atoms with Crippen molar-refractivity contribution in [3.05, 3.63) is 35.0 Å². The van der Waals surface area contributed by atoms with Crippen LogP contribution < -0.4 is 5.32 Å². The number of benzene rings is 1. The summed E-state index contributed by atoms with van der Waals surface area (Å²) in [5, 5.41) is 6.20. The van der Waals surface area contributed by atoms with E-state index in [4.69, 9.17) is 0 Å². The number of nitrogens with zero attached hydrogens (tertiary/aromatic N) is 2. The fraction of sp³-hybridized carbons (Fsp3) is 0.526. The number of thiophene rings is 1. The number of fused-ring (bicyclic) bond motifs is 1. The molecule has 1 aliphatic heterocycles. The number of amides is 1. The fourth-order valence-corrected chi connectivity index (χ4v) is 4.43. The molecule has 2 fully saturated rings. The van der Waals surface area contributed by atoms with E-state index in [0.717, 1.165) is 55.7 Å². The number of nitrogens with one attached hydrogen (secondary N) is 1. The maximum atomic E-state index is 13.8. The molecule has 0 unspecified atom stereocenters. The van der Waals surface area contributed by atoms with E-state index in [0.29, 0.717) is 6.04 Å². The molecule has 1 saturated carbocycles. The second-order valence-electron chi connectivity index (χ2n) is 7.15. The Balaban J connectivity index is 1.33. The number of hydrogen-bond acceptors (Lipinski definition) is 4. The Kier molecular flexibility index (Phi) is 4.75. The average Bonchev–Trinajstić information content (AvgIpc) is 3.34. The molecule has 4 nitrogen and oxygen atoms in total. The van der Waals surface area contributed by atoms with Crippen molar-refractivity contribution in [2.45, 2.75) is 38.4 Å². The Bertz CT molecular complexity index is 765. The first-order valence-electron chi connectivity index (χ1n) is 9.03. The summed E-state index contributed by atoms with van der Waals surface area (Å²) in [7, 11) is 0. The lowest BCUT2D eigenvalue weighted by Gasteiger charge is -2.37. The van der Waals surface area contributed by atoms with Crippen LogP contribution in [0.3, 0.4) is 0 Å². The lowest BCUT2D eigenvalue weighted by molar-refractivity contribution is -0.126. The highest BCUT2D eigenvalue weighted by Gasteiger charge is 2.30. The summed E-state index contributed by atoms with van der Waals surface area (Å²) in [6, 6.07) is 5.68. The number of piperazine rings is 1. The van der Waals surface area contributed by atoms with Gasteiger partial charge in [-0.25, -0.2) is 4.39 Å². The normalized spacial score (nSPS) is 20.7. The van der Waals surface area contributed by atoms with Gasteiger partial charge in [-0.1, -0.05) is 12.1 Å². The molecule has 0 bridgehead atoms. The van der Waals surface area contributed by atoms with Gasteiger partial charge in [-0.2, -0.15) is 0 Å². The van der Waals surface area contributed by atoms with Crippen LogP contribution in [0.25, 0.3) is 10.1 Å². The van der Waals surface area contributed by atoms with Gasteiger partial charge in [-0.3, -0.25) is 14.6 Å². The molecule has 1 aliphatic carbocycles. The largest absolute Gasteiger partial charge is 0.352 e. The molecule has 2 aromatic rings. The Labute approximate surface area is 151 Å². The average molecular weight is 361 g/mol. The van der Waals surface area contributed by atoms with Crippen LogP contribution in [0.4, 0.5) is 4.39 Å². The zero-order chi connectivity index (χ0) is 17.4. The van der Waals surface area contributed by atoms with Crippen molar-refractivity contribution in [2.75, 3.05) is 26.2 Å². The third-order valence-electron chi connectivity index (χ3n) is 5.28. The van der Waals surface area contributed by atoms with Crippen molar-refractivity contribution in [1.29, 1.82) is 0 Å². The summed E-state index contributed by atoms with van der Waals surface area (Å²) in [5.41, 5.74) is 1.20. The van der Waals surface area contributed by atoms with Gasteiger partial charge in [0.05, 0.1) is 10.7 Å². The van der Waals surface area contributed by atoms with E-state index in [-0.39, 0.29) is 17.8 Å². The van der Waals surface area contributed by atoms with Gasteiger partial charge in [0, 0.05) is 38.8 Å². The SMILES string of the molecule is C[C@H](C(=O)NC1CC1)N1CCN(Cc2csc3c(F)cccc23)CC1. The first kappa shape index (κ1) is 16.9. The molecule has 1 aromatic heterocycles. The Morgan fingerprint density at radius 1 is 1.32 bits per heavy atom. The quantitative estimate of drug-likeness (QED) is 0.890. The summed E-state index contributed by atoms with van der Waals surface area (Å²) in [4.78, 5) is 16.9. The smallest absolute Gasteiger partial charge is 0.237 e. The molecule has 2 heterocycles. The first-order valence-corrected chi connectivity index (χ1v) is 9.91. The van der Waals surface area contributed by atoms with E-state index >= 15 is 0 Å². The molecule has 134 valence electrons. The van der Waals surface area contributed by atoms with Gasteiger partial charge in [0.1, 0.15) is 5.82 Å². The molecule has 1 aromatic carbocycles. The van der Waals surface area contributed by atoms with E-state index in [1.165, 1.54) is 23.0 Å². The van der Waals surface area contributed by atoms with Crippen LogP contribution in [-0.2, 0) is 11.3 Å². The molecule has 1 atom stereocenters. The van der Waals surface area contributed by atoms with Gasteiger partial charge >= 0.3 is 0 Å². The first-order chi connectivity index (χ1) is 12.1. The van der Waals surface area contributed by atoms with E-state index in [1.54, 1.807) is 6.07 Å². The molecule has 4 rings (SSSR count). The van der Waals surface area contributed by atoms with Gasteiger partial charge in [0.2, 0.25) is 5.91 Å². The summed E-state index contributed by atoms with van der Waals surface area (Å²) in [5.74, 6) is 0.0318. The van der Waals surface area contributed by atoms with Crippen LogP contribution in [0.15, 0.2) is 23.6 Å². The fourth-order valence-electron chi connectivity index (χ4n) is 3.46. The van der Waals surface area contributed by atoms with Crippen molar-refractivity contribution in [1.82, 2.24) is 15.1 Å².